The molecule has 0 aliphatic carbocycles. The summed E-state index contributed by atoms with van der Waals surface area (Å²) >= 11 is 0. The number of hydrogen-bond donors (Lipinski definition) is 3. The zero-order valence-electron chi connectivity index (χ0n) is 28.6. The topological polar surface area (TPSA) is 104 Å². The molecule has 7 heteroatoms. The normalized spacial score (nSPS) is 13.9. The molecule has 0 aliphatic heterocycles. The molecule has 240 valence electrons. The second-order valence-corrected chi connectivity index (χ2v) is 12.8. The highest BCUT2D eigenvalue weighted by Gasteiger charge is 2.32. The summed E-state index contributed by atoms with van der Waals surface area (Å²) in [6.45, 7) is 20.3. The minimum Gasteiger partial charge on any atom is -0.373 e. The quantitative estimate of drug-likeness (QED) is 0.117. The first-order chi connectivity index (χ1) is 20.3. The van der Waals surface area contributed by atoms with E-state index >= 15 is 0 Å². The van der Waals surface area contributed by atoms with Gasteiger partial charge < -0.3 is 16.0 Å². The van der Waals surface area contributed by atoms with Crippen molar-refractivity contribution in [1.29, 1.82) is 0 Å². The van der Waals surface area contributed by atoms with Gasteiger partial charge in [0.1, 0.15) is 0 Å². The SMILES string of the molecule is C#C.CCC(=O)C(C)(C)NC/C=C\C=C(/C)NC(=O)/C(C)=C/C(=C\C(C)C(=O)C(C)(C)Nc1ccccc1)C(=O)C(C)(C)C. The summed E-state index contributed by atoms with van der Waals surface area (Å²) in [5.41, 5.74) is -0.0601. The number of para-hydroxylation sites is 1. The van der Waals surface area contributed by atoms with Gasteiger partial charge in [0.15, 0.2) is 17.3 Å². The second kappa shape index (κ2) is 17.9. The highest BCUT2D eigenvalue weighted by molar-refractivity contribution is 6.05. The fourth-order valence-corrected chi connectivity index (χ4v) is 4.23. The average Bonchev–Trinajstić information content (AvgIpc) is 2.95. The van der Waals surface area contributed by atoms with Crippen molar-refractivity contribution in [2.45, 2.75) is 93.7 Å². The number of carbonyl (C=O) groups is 4. The van der Waals surface area contributed by atoms with Crippen molar-refractivity contribution in [3.05, 3.63) is 77.6 Å². The number of carbonyl (C=O) groups excluding carboxylic acids is 4. The third kappa shape index (κ3) is 13.5. The largest absolute Gasteiger partial charge is 0.373 e. The Kier molecular flexibility index (Phi) is 16.3. The molecule has 3 N–H and O–H groups in total. The number of allylic oxidation sites excluding steroid dienone is 6. The molecule has 0 radical (unpaired) electrons. The molecule has 1 aromatic carbocycles. The number of hydrogen-bond acceptors (Lipinski definition) is 6. The Bertz CT molecular complexity index is 1290. The van der Waals surface area contributed by atoms with Crippen LogP contribution in [0.2, 0.25) is 0 Å². The van der Waals surface area contributed by atoms with Crippen molar-refractivity contribution >= 4 is 28.9 Å². The average molecular weight is 604 g/mol. The molecular formula is C37H53N3O4. The zero-order chi connectivity index (χ0) is 34.3. The van der Waals surface area contributed by atoms with Crippen LogP contribution in [0.5, 0.6) is 0 Å². The maximum Gasteiger partial charge on any atom is 0.251 e. The van der Waals surface area contributed by atoms with Crippen LogP contribution in [0.3, 0.4) is 0 Å². The highest BCUT2D eigenvalue weighted by atomic mass is 16.2. The summed E-state index contributed by atoms with van der Waals surface area (Å²) in [5.74, 6) is -1.02. The summed E-state index contributed by atoms with van der Waals surface area (Å²) < 4.78 is 0. The van der Waals surface area contributed by atoms with E-state index < -0.39 is 22.4 Å². The van der Waals surface area contributed by atoms with Gasteiger partial charge in [0.25, 0.3) is 5.91 Å². The lowest BCUT2D eigenvalue weighted by atomic mass is 9.82. The van der Waals surface area contributed by atoms with Crippen molar-refractivity contribution in [2.75, 3.05) is 11.9 Å². The number of amides is 1. The van der Waals surface area contributed by atoms with Gasteiger partial charge in [-0.2, -0.15) is 0 Å². The van der Waals surface area contributed by atoms with Gasteiger partial charge >= 0.3 is 0 Å². The van der Waals surface area contributed by atoms with Crippen molar-refractivity contribution in [2.24, 2.45) is 11.3 Å². The Morgan fingerprint density at radius 2 is 1.48 bits per heavy atom. The van der Waals surface area contributed by atoms with E-state index in [0.29, 0.717) is 29.8 Å². The van der Waals surface area contributed by atoms with Gasteiger partial charge in [-0.05, 0) is 65.8 Å². The Morgan fingerprint density at radius 3 is 2.00 bits per heavy atom. The molecule has 1 unspecified atom stereocenters. The van der Waals surface area contributed by atoms with E-state index in [9.17, 15) is 19.2 Å². The van der Waals surface area contributed by atoms with E-state index in [1.165, 1.54) is 0 Å². The minimum absolute atomic E-state index is 0.0800. The first kappa shape index (κ1) is 40.0. The van der Waals surface area contributed by atoms with Crippen LogP contribution in [-0.4, -0.2) is 40.9 Å². The molecule has 0 saturated carbocycles. The molecule has 1 atom stereocenters. The first-order valence-corrected chi connectivity index (χ1v) is 14.9. The molecule has 1 amide bonds. The molecule has 1 aromatic rings. The first-order valence-electron chi connectivity index (χ1n) is 14.9. The van der Waals surface area contributed by atoms with Gasteiger partial charge in [0.2, 0.25) is 0 Å². The fourth-order valence-electron chi connectivity index (χ4n) is 4.23. The van der Waals surface area contributed by atoms with E-state index in [2.05, 4.69) is 28.8 Å². The monoisotopic (exact) mass is 603 g/mol. The lowest BCUT2D eigenvalue weighted by Crippen LogP contribution is -2.46. The summed E-state index contributed by atoms with van der Waals surface area (Å²) in [6, 6.07) is 9.50. The molecule has 0 spiro atoms. The van der Waals surface area contributed by atoms with E-state index in [-0.39, 0.29) is 23.3 Å². The van der Waals surface area contributed by atoms with E-state index in [0.717, 1.165) is 5.69 Å². The molecule has 0 aliphatic rings. The van der Waals surface area contributed by atoms with Gasteiger partial charge in [-0.3, -0.25) is 19.2 Å². The molecule has 0 fully saturated rings. The van der Waals surface area contributed by atoms with Crippen molar-refractivity contribution < 1.29 is 19.2 Å². The molecule has 0 bridgehead atoms. The Morgan fingerprint density at radius 1 is 0.909 bits per heavy atom. The number of benzene rings is 1. The van der Waals surface area contributed by atoms with Gasteiger partial charge in [0, 0.05) is 46.8 Å². The summed E-state index contributed by atoms with van der Waals surface area (Å²) in [6.07, 6.45) is 17.1. The van der Waals surface area contributed by atoms with E-state index in [1.807, 2.05) is 91.8 Å². The Balaban J connectivity index is 0.00000904. The van der Waals surface area contributed by atoms with Crippen molar-refractivity contribution in [3.8, 4) is 12.8 Å². The third-order valence-electron chi connectivity index (χ3n) is 6.84. The number of terminal acetylenes is 1. The maximum absolute atomic E-state index is 13.4. The summed E-state index contributed by atoms with van der Waals surface area (Å²) in [5, 5.41) is 9.32. The standard InChI is InChI=1S/C35H51N3O4.C2H2/c1-12-29(39)34(8,9)36-21-17-16-18-26(4)37-32(42)25(3)23-27(31(41)33(5,6)7)22-24(2)30(40)35(10,11)38-28-19-14-13-15-20-28;1-2/h13-20,22-24,36,38H,12,21H2,1-11H3,(H,37,42);1-2H/b17-16-,25-23+,26-18+,27-22+;. The second-order valence-electron chi connectivity index (χ2n) is 12.8. The number of nitrogens with one attached hydrogen (secondary N) is 3. The highest BCUT2D eigenvalue weighted by Crippen LogP contribution is 2.25. The zero-order valence-corrected chi connectivity index (χ0v) is 28.6. The van der Waals surface area contributed by atoms with Gasteiger partial charge in [-0.15, -0.1) is 12.8 Å². The summed E-state index contributed by atoms with van der Waals surface area (Å²) in [7, 11) is 0. The van der Waals surface area contributed by atoms with Crippen LogP contribution in [0, 0.1) is 24.2 Å². The van der Waals surface area contributed by atoms with Crippen LogP contribution in [0.25, 0.3) is 0 Å². The van der Waals surface area contributed by atoms with Crippen LogP contribution < -0.4 is 16.0 Å². The lowest BCUT2D eigenvalue weighted by molar-refractivity contribution is -0.125. The van der Waals surface area contributed by atoms with Crippen LogP contribution in [0.1, 0.15) is 82.6 Å². The van der Waals surface area contributed by atoms with Gasteiger partial charge in [0.05, 0.1) is 11.1 Å². The number of anilines is 1. The molecule has 0 saturated heterocycles. The lowest BCUT2D eigenvalue weighted by Gasteiger charge is -2.28. The molecule has 44 heavy (non-hydrogen) atoms. The fraction of sp³-hybridized carbons (Fsp3) is 0.459. The number of rotatable bonds is 15. The van der Waals surface area contributed by atoms with Gasteiger partial charge in [-0.1, -0.05) is 71.0 Å². The van der Waals surface area contributed by atoms with Crippen molar-refractivity contribution in [1.82, 2.24) is 10.6 Å². The molecule has 7 nitrogen and oxygen atoms in total. The predicted molar refractivity (Wildman–Crippen MR) is 183 cm³/mol. The Hall–Kier alpha value is -4.02. The van der Waals surface area contributed by atoms with Crippen LogP contribution in [0.4, 0.5) is 5.69 Å². The minimum atomic E-state index is -0.879. The maximum atomic E-state index is 13.4. The molecule has 0 aromatic heterocycles. The van der Waals surface area contributed by atoms with Crippen LogP contribution >= 0.6 is 0 Å². The number of Topliss-reactive ketones (excluding diaryl/α,β-unsaturated/α-hetero) is 3. The smallest absolute Gasteiger partial charge is 0.251 e. The van der Waals surface area contributed by atoms with Crippen molar-refractivity contribution in [3.63, 3.8) is 0 Å². The third-order valence-corrected chi connectivity index (χ3v) is 6.84. The number of ketones is 3. The van der Waals surface area contributed by atoms with E-state index in [4.69, 9.17) is 0 Å². The molecule has 0 heterocycles. The van der Waals surface area contributed by atoms with Gasteiger partial charge in [-0.25, -0.2) is 0 Å². The Labute approximate surface area is 265 Å². The molecule has 1 rings (SSSR count). The van der Waals surface area contributed by atoms with Crippen LogP contribution in [0.15, 0.2) is 77.6 Å². The predicted octanol–water partition coefficient (Wildman–Crippen LogP) is 6.74. The van der Waals surface area contributed by atoms with E-state index in [1.54, 1.807) is 45.1 Å². The van der Waals surface area contributed by atoms with Crippen LogP contribution in [-0.2, 0) is 19.2 Å². The summed E-state index contributed by atoms with van der Waals surface area (Å²) in [4.78, 5) is 51.7. The molecular weight excluding hydrogens is 550 g/mol.